The maximum atomic E-state index is 14.0. The highest BCUT2D eigenvalue weighted by Gasteiger charge is 2.19. The predicted octanol–water partition coefficient (Wildman–Crippen LogP) is 4.12. The normalized spacial score (nSPS) is 15.6. The lowest BCUT2D eigenvalue weighted by atomic mass is 9.96. The molecular formula is C19H21FN4O. The van der Waals surface area contributed by atoms with Gasteiger partial charge in [0.25, 0.3) is 0 Å². The van der Waals surface area contributed by atoms with Crippen molar-refractivity contribution in [1.82, 2.24) is 14.3 Å². The Kier molecular flexibility index (Phi) is 4.26. The molecule has 0 atom stereocenters. The third kappa shape index (κ3) is 3.16. The van der Waals surface area contributed by atoms with E-state index in [0.29, 0.717) is 17.4 Å². The van der Waals surface area contributed by atoms with E-state index in [0.717, 1.165) is 18.2 Å². The largest absolute Gasteiger partial charge is 0.336 e. The van der Waals surface area contributed by atoms with Crippen LogP contribution in [0.3, 0.4) is 0 Å². The quantitative estimate of drug-likeness (QED) is 0.777. The van der Waals surface area contributed by atoms with Gasteiger partial charge in [0.1, 0.15) is 18.2 Å². The molecule has 3 aromatic rings. The summed E-state index contributed by atoms with van der Waals surface area (Å²) in [7, 11) is 0. The summed E-state index contributed by atoms with van der Waals surface area (Å²) >= 11 is 0. The second-order valence-corrected chi connectivity index (χ2v) is 6.62. The van der Waals surface area contributed by atoms with Crippen molar-refractivity contribution < 1.29 is 9.18 Å². The number of hydrogen-bond acceptors (Lipinski definition) is 2. The van der Waals surface area contributed by atoms with E-state index in [-0.39, 0.29) is 18.3 Å². The van der Waals surface area contributed by atoms with Gasteiger partial charge in [-0.3, -0.25) is 4.79 Å². The van der Waals surface area contributed by atoms with Crippen LogP contribution in [-0.4, -0.2) is 20.3 Å². The molecule has 1 aliphatic rings. The third-order valence-electron chi connectivity index (χ3n) is 4.91. The number of anilines is 1. The standard InChI is InChI=1S/C19H21FN4O/c20-16-8-4-5-14-10-12-23(19(14)16)13-18(25)22-17-9-11-21-24(17)15-6-2-1-3-7-15/h4-5,8-12,15H,1-3,6-7,13H2,(H,22,25). The smallest absolute Gasteiger partial charge is 0.245 e. The number of nitrogens with one attached hydrogen (secondary N) is 1. The molecule has 0 aliphatic heterocycles. The van der Waals surface area contributed by atoms with Crippen molar-refractivity contribution in [2.45, 2.75) is 44.7 Å². The van der Waals surface area contributed by atoms with Crippen LogP contribution in [0.5, 0.6) is 0 Å². The minimum absolute atomic E-state index is 0.0697. The fourth-order valence-corrected chi connectivity index (χ4v) is 3.71. The van der Waals surface area contributed by atoms with Gasteiger partial charge < -0.3 is 9.88 Å². The zero-order chi connectivity index (χ0) is 17.2. The van der Waals surface area contributed by atoms with Crippen molar-refractivity contribution in [3.8, 4) is 0 Å². The number of carbonyl (C=O) groups is 1. The summed E-state index contributed by atoms with van der Waals surface area (Å²) in [6, 6.07) is 8.91. The van der Waals surface area contributed by atoms with E-state index in [2.05, 4.69) is 10.4 Å². The molecule has 2 heterocycles. The molecule has 1 fully saturated rings. The molecule has 1 aromatic carbocycles. The van der Waals surface area contributed by atoms with E-state index < -0.39 is 0 Å². The summed E-state index contributed by atoms with van der Waals surface area (Å²) in [6.07, 6.45) is 9.32. The summed E-state index contributed by atoms with van der Waals surface area (Å²) in [5.41, 5.74) is 0.457. The number of carbonyl (C=O) groups excluding carboxylic acids is 1. The van der Waals surface area contributed by atoms with Gasteiger partial charge in [-0.2, -0.15) is 5.10 Å². The van der Waals surface area contributed by atoms with Crippen LogP contribution in [0, 0.1) is 5.82 Å². The molecule has 0 radical (unpaired) electrons. The highest BCUT2D eigenvalue weighted by atomic mass is 19.1. The van der Waals surface area contributed by atoms with Crippen LogP contribution in [0.2, 0.25) is 0 Å². The van der Waals surface area contributed by atoms with Crippen LogP contribution in [0.15, 0.2) is 42.7 Å². The van der Waals surface area contributed by atoms with Crippen molar-refractivity contribution in [3.05, 3.63) is 48.5 Å². The Hall–Kier alpha value is -2.63. The average Bonchev–Trinajstić information content (AvgIpc) is 3.24. The van der Waals surface area contributed by atoms with Crippen LogP contribution < -0.4 is 5.32 Å². The first-order valence-corrected chi connectivity index (χ1v) is 8.79. The molecule has 1 saturated carbocycles. The topological polar surface area (TPSA) is 51.9 Å². The van der Waals surface area contributed by atoms with Gasteiger partial charge in [0.2, 0.25) is 5.91 Å². The van der Waals surface area contributed by atoms with E-state index in [1.165, 1.54) is 25.3 Å². The van der Waals surface area contributed by atoms with Crippen molar-refractivity contribution in [2.75, 3.05) is 5.32 Å². The van der Waals surface area contributed by atoms with Crippen LogP contribution in [0.4, 0.5) is 10.2 Å². The Bertz CT molecular complexity index is 892. The number of aromatic nitrogens is 3. The highest BCUT2D eigenvalue weighted by Crippen LogP contribution is 2.30. The molecule has 6 heteroatoms. The zero-order valence-electron chi connectivity index (χ0n) is 14.0. The second kappa shape index (κ2) is 6.70. The molecule has 0 saturated heterocycles. The summed E-state index contributed by atoms with van der Waals surface area (Å²) in [6.45, 7) is 0.0697. The molecule has 2 aromatic heterocycles. The van der Waals surface area contributed by atoms with Crippen molar-refractivity contribution in [3.63, 3.8) is 0 Å². The van der Waals surface area contributed by atoms with Gasteiger partial charge >= 0.3 is 0 Å². The first-order chi connectivity index (χ1) is 12.2. The molecule has 1 N–H and O–H groups in total. The number of para-hydroxylation sites is 1. The van der Waals surface area contributed by atoms with Crippen LogP contribution in [0.1, 0.15) is 38.1 Å². The molecule has 0 spiro atoms. The molecule has 130 valence electrons. The van der Waals surface area contributed by atoms with E-state index in [9.17, 15) is 9.18 Å². The van der Waals surface area contributed by atoms with Crippen molar-refractivity contribution in [1.29, 1.82) is 0 Å². The lowest BCUT2D eigenvalue weighted by Crippen LogP contribution is -2.23. The molecule has 1 amide bonds. The molecule has 4 rings (SSSR count). The molecule has 0 unspecified atom stereocenters. The minimum Gasteiger partial charge on any atom is -0.336 e. The molecule has 1 aliphatic carbocycles. The maximum Gasteiger partial charge on any atom is 0.245 e. The van der Waals surface area contributed by atoms with Crippen LogP contribution in [-0.2, 0) is 11.3 Å². The summed E-state index contributed by atoms with van der Waals surface area (Å²) in [4.78, 5) is 12.5. The van der Waals surface area contributed by atoms with Gasteiger partial charge in [0.15, 0.2) is 0 Å². The van der Waals surface area contributed by atoms with Gasteiger partial charge in [-0.1, -0.05) is 31.4 Å². The van der Waals surface area contributed by atoms with Crippen LogP contribution >= 0.6 is 0 Å². The Morgan fingerprint density at radius 3 is 2.88 bits per heavy atom. The van der Waals surface area contributed by atoms with Gasteiger partial charge in [-0.15, -0.1) is 0 Å². The number of nitrogens with zero attached hydrogens (tertiary/aromatic N) is 3. The number of hydrogen-bond donors (Lipinski definition) is 1. The Balaban J connectivity index is 1.50. The summed E-state index contributed by atoms with van der Waals surface area (Å²) < 4.78 is 17.6. The molecule has 5 nitrogen and oxygen atoms in total. The lowest BCUT2D eigenvalue weighted by molar-refractivity contribution is -0.116. The number of halogens is 1. The minimum atomic E-state index is -0.317. The number of rotatable bonds is 4. The van der Waals surface area contributed by atoms with Crippen molar-refractivity contribution >= 4 is 22.6 Å². The van der Waals surface area contributed by atoms with Gasteiger partial charge in [0.05, 0.1) is 17.8 Å². The fourth-order valence-electron chi connectivity index (χ4n) is 3.71. The lowest BCUT2D eigenvalue weighted by Gasteiger charge is -2.23. The SMILES string of the molecule is O=C(Cn1ccc2cccc(F)c21)Nc1ccnn1C1CCCCC1. The first-order valence-electron chi connectivity index (χ1n) is 8.79. The van der Waals surface area contributed by atoms with Crippen LogP contribution in [0.25, 0.3) is 10.9 Å². The molecule has 25 heavy (non-hydrogen) atoms. The Morgan fingerprint density at radius 2 is 2.04 bits per heavy atom. The maximum absolute atomic E-state index is 14.0. The zero-order valence-corrected chi connectivity index (χ0v) is 14.0. The highest BCUT2D eigenvalue weighted by molar-refractivity contribution is 5.91. The predicted molar refractivity (Wildman–Crippen MR) is 94.9 cm³/mol. The summed E-state index contributed by atoms with van der Waals surface area (Å²) in [5, 5.41) is 8.11. The van der Waals surface area contributed by atoms with Gasteiger partial charge in [-0.25, -0.2) is 9.07 Å². The van der Waals surface area contributed by atoms with E-state index in [4.69, 9.17) is 0 Å². The molecule has 0 bridgehead atoms. The van der Waals surface area contributed by atoms with Crippen molar-refractivity contribution in [2.24, 2.45) is 0 Å². The second-order valence-electron chi connectivity index (χ2n) is 6.62. The monoisotopic (exact) mass is 340 g/mol. The summed E-state index contributed by atoms with van der Waals surface area (Å²) in [5.74, 6) is 0.217. The average molecular weight is 340 g/mol. The van der Waals surface area contributed by atoms with E-state index in [1.54, 1.807) is 23.0 Å². The Labute approximate surface area is 145 Å². The molecular weight excluding hydrogens is 319 g/mol. The number of amides is 1. The van der Waals surface area contributed by atoms with Gasteiger partial charge in [-0.05, 0) is 25.0 Å². The first kappa shape index (κ1) is 15.9. The van der Waals surface area contributed by atoms with E-state index >= 15 is 0 Å². The number of fused-ring (bicyclic) bond motifs is 1. The third-order valence-corrected chi connectivity index (χ3v) is 4.91. The Morgan fingerprint density at radius 1 is 1.20 bits per heavy atom. The van der Waals surface area contributed by atoms with E-state index in [1.807, 2.05) is 22.9 Å². The number of benzene rings is 1. The fraction of sp³-hybridized carbons (Fsp3) is 0.368. The van der Waals surface area contributed by atoms with Gasteiger partial charge in [0, 0.05) is 17.6 Å².